The SMILES string of the molecule is Br[C@@H]1CC=CC[C@@H](Br)c2nc3ccccc3nc21. The van der Waals surface area contributed by atoms with E-state index in [1.807, 2.05) is 24.3 Å². The summed E-state index contributed by atoms with van der Waals surface area (Å²) in [5.74, 6) is 0. The van der Waals surface area contributed by atoms with Gasteiger partial charge in [-0.2, -0.15) is 0 Å². The first kappa shape index (κ1) is 12.3. The van der Waals surface area contributed by atoms with Gasteiger partial charge in [0.25, 0.3) is 0 Å². The average molecular weight is 368 g/mol. The van der Waals surface area contributed by atoms with Crippen molar-refractivity contribution in [3.63, 3.8) is 0 Å². The molecule has 92 valence electrons. The lowest BCUT2D eigenvalue weighted by Crippen LogP contribution is -2.07. The molecule has 0 saturated carbocycles. The lowest BCUT2D eigenvalue weighted by atomic mass is 10.1. The molecule has 0 radical (unpaired) electrons. The summed E-state index contributed by atoms with van der Waals surface area (Å²) in [7, 11) is 0. The van der Waals surface area contributed by atoms with E-state index < -0.39 is 0 Å². The molecule has 2 atom stereocenters. The zero-order valence-corrected chi connectivity index (χ0v) is 12.9. The zero-order valence-electron chi connectivity index (χ0n) is 9.68. The van der Waals surface area contributed by atoms with Gasteiger partial charge in [0.2, 0.25) is 0 Å². The monoisotopic (exact) mass is 366 g/mol. The molecule has 0 fully saturated rings. The number of hydrogen-bond donors (Lipinski definition) is 0. The third kappa shape index (κ3) is 2.24. The molecule has 2 aromatic rings. The molecular formula is C14H12Br2N2. The molecular weight excluding hydrogens is 356 g/mol. The van der Waals surface area contributed by atoms with E-state index in [1.165, 1.54) is 0 Å². The Morgan fingerprint density at radius 2 is 1.28 bits per heavy atom. The topological polar surface area (TPSA) is 25.8 Å². The predicted octanol–water partition coefficient (Wildman–Crippen LogP) is 4.85. The Kier molecular flexibility index (Phi) is 3.48. The molecule has 1 heterocycles. The molecule has 3 rings (SSSR count). The van der Waals surface area contributed by atoms with Crippen LogP contribution in [0.25, 0.3) is 11.0 Å². The van der Waals surface area contributed by atoms with E-state index in [0.29, 0.717) is 0 Å². The first-order valence-corrected chi connectivity index (χ1v) is 7.78. The van der Waals surface area contributed by atoms with Crippen LogP contribution in [0.15, 0.2) is 36.4 Å². The lowest BCUT2D eigenvalue weighted by molar-refractivity contribution is 0.822. The van der Waals surface area contributed by atoms with Crippen LogP contribution in [-0.2, 0) is 0 Å². The molecule has 2 nitrogen and oxygen atoms in total. The first-order valence-electron chi connectivity index (χ1n) is 5.95. The summed E-state index contributed by atoms with van der Waals surface area (Å²) in [5.41, 5.74) is 4.04. The Balaban J connectivity index is 2.23. The van der Waals surface area contributed by atoms with Gasteiger partial charge in [-0.3, -0.25) is 0 Å². The van der Waals surface area contributed by atoms with Crippen molar-refractivity contribution in [3.8, 4) is 0 Å². The van der Waals surface area contributed by atoms with Gasteiger partial charge in [-0.1, -0.05) is 56.1 Å². The molecule has 1 aromatic carbocycles. The van der Waals surface area contributed by atoms with Gasteiger partial charge >= 0.3 is 0 Å². The Morgan fingerprint density at radius 1 is 0.833 bits per heavy atom. The van der Waals surface area contributed by atoms with Crippen LogP contribution in [0, 0.1) is 0 Å². The van der Waals surface area contributed by atoms with Gasteiger partial charge in [-0.15, -0.1) is 0 Å². The van der Waals surface area contributed by atoms with Crippen LogP contribution in [0.1, 0.15) is 33.9 Å². The molecule has 18 heavy (non-hydrogen) atoms. The molecule has 1 aromatic heterocycles. The minimum absolute atomic E-state index is 0.237. The van der Waals surface area contributed by atoms with E-state index in [4.69, 9.17) is 9.97 Å². The number of halogens is 2. The van der Waals surface area contributed by atoms with Crippen molar-refractivity contribution in [2.24, 2.45) is 0 Å². The number of aromatic nitrogens is 2. The van der Waals surface area contributed by atoms with Gasteiger partial charge in [0.05, 0.1) is 32.1 Å². The Hall–Kier alpha value is -0.740. The van der Waals surface area contributed by atoms with Crippen molar-refractivity contribution in [2.75, 3.05) is 0 Å². The summed E-state index contributed by atoms with van der Waals surface area (Å²) in [6, 6.07) is 8.03. The summed E-state index contributed by atoms with van der Waals surface area (Å²) < 4.78 is 0. The maximum Gasteiger partial charge on any atom is 0.0890 e. The number of fused-ring (bicyclic) bond motifs is 2. The van der Waals surface area contributed by atoms with Gasteiger partial charge in [0.15, 0.2) is 0 Å². The van der Waals surface area contributed by atoms with Crippen molar-refractivity contribution < 1.29 is 0 Å². The van der Waals surface area contributed by atoms with E-state index in [9.17, 15) is 0 Å². The number of rotatable bonds is 0. The fraction of sp³-hybridized carbons (Fsp3) is 0.286. The molecule has 0 aliphatic heterocycles. The third-order valence-corrected chi connectivity index (χ3v) is 4.69. The molecule has 0 amide bonds. The van der Waals surface area contributed by atoms with Crippen molar-refractivity contribution in [3.05, 3.63) is 47.8 Å². The standard InChI is InChI=1S/C14H12Br2N2/c15-9-5-1-2-6-10(16)14-13(9)17-11-7-3-4-8-12(11)18-14/h1-4,7-10H,5-6H2/t9-,10-/m1/s1. The highest BCUT2D eigenvalue weighted by Gasteiger charge is 2.22. The largest absolute Gasteiger partial charge is 0.248 e. The molecule has 0 N–H and O–H groups in total. The normalized spacial score (nSPS) is 23.4. The molecule has 1 aliphatic rings. The van der Waals surface area contributed by atoms with Gasteiger partial charge in [-0.05, 0) is 25.0 Å². The van der Waals surface area contributed by atoms with Crippen LogP contribution in [0.5, 0.6) is 0 Å². The minimum Gasteiger partial charge on any atom is -0.248 e. The van der Waals surface area contributed by atoms with Crippen molar-refractivity contribution in [1.82, 2.24) is 9.97 Å². The molecule has 4 heteroatoms. The van der Waals surface area contributed by atoms with Crippen LogP contribution in [0.3, 0.4) is 0 Å². The first-order chi connectivity index (χ1) is 8.75. The summed E-state index contributed by atoms with van der Waals surface area (Å²) in [5, 5.41) is 0. The number of alkyl halides is 2. The second-order valence-corrected chi connectivity index (χ2v) is 6.57. The summed E-state index contributed by atoms with van der Waals surface area (Å²) in [6.07, 6.45) is 6.32. The van der Waals surface area contributed by atoms with Gasteiger partial charge in [-0.25, -0.2) is 9.97 Å². The summed E-state index contributed by atoms with van der Waals surface area (Å²) in [6.45, 7) is 0. The Labute approximate surface area is 123 Å². The molecule has 0 spiro atoms. The Bertz CT molecular complexity index is 557. The second kappa shape index (κ2) is 5.10. The lowest BCUT2D eigenvalue weighted by Gasteiger charge is -2.18. The smallest absolute Gasteiger partial charge is 0.0890 e. The summed E-state index contributed by atoms with van der Waals surface area (Å²) >= 11 is 7.42. The third-order valence-electron chi connectivity index (χ3n) is 3.07. The quantitative estimate of drug-likeness (QED) is 0.491. The molecule has 0 bridgehead atoms. The fourth-order valence-electron chi connectivity index (χ4n) is 2.14. The highest BCUT2D eigenvalue weighted by Crippen LogP contribution is 2.37. The zero-order chi connectivity index (χ0) is 12.5. The van der Waals surface area contributed by atoms with Crippen molar-refractivity contribution in [1.29, 1.82) is 0 Å². The number of para-hydroxylation sites is 2. The van der Waals surface area contributed by atoms with E-state index >= 15 is 0 Å². The van der Waals surface area contributed by atoms with Crippen LogP contribution in [0.4, 0.5) is 0 Å². The molecule has 0 unspecified atom stereocenters. The van der Waals surface area contributed by atoms with Crippen LogP contribution < -0.4 is 0 Å². The number of nitrogens with zero attached hydrogens (tertiary/aromatic N) is 2. The van der Waals surface area contributed by atoms with Crippen molar-refractivity contribution in [2.45, 2.75) is 22.5 Å². The van der Waals surface area contributed by atoms with E-state index in [2.05, 4.69) is 44.0 Å². The Morgan fingerprint density at radius 3 is 1.72 bits per heavy atom. The van der Waals surface area contributed by atoms with E-state index in [1.54, 1.807) is 0 Å². The number of allylic oxidation sites excluding steroid dienone is 2. The fourth-order valence-corrected chi connectivity index (χ4v) is 3.25. The highest BCUT2D eigenvalue weighted by molar-refractivity contribution is 9.09. The number of benzene rings is 1. The van der Waals surface area contributed by atoms with Crippen molar-refractivity contribution >= 4 is 42.9 Å². The van der Waals surface area contributed by atoms with Crippen LogP contribution in [0.2, 0.25) is 0 Å². The van der Waals surface area contributed by atoms with Gasteiger partial charge < -0.3 is 0 Å². The highest BCUT2D eigenvalue weighted by atomic mass is 79.9. The second-order valence-electron chi connectivity index (χ2n) is 4.36. The molecule has 0 saturated heterocycles. The van der Waals surface area contributed by atoms with E-state index in [-0.39, 0.29) is 9.65 Å². The molecule has 1 aliphatic carbocycles. The number of hydrogen-bond acceptors (Lipinski definition) is 2. The maximum absolute atomic E-state index is 4.78. The maximum atomic E-state index is 4.78. The minimum atomic E-state index is 0.237. The average Bonchev–Trinajstić information content (AvgIpc) is 2.40. The van der Waals surface area contributed by atoms with Crippen LogP contribution in [-0.4, -0.2) is 9.97 Å². The van der Waals surface area contributed by atoms with Gasteiger partial charge in [0.1, 0.15) is 0 Å². The van der Waals surface area contributed by atoms with Gasteiger partial charge in [0, 0.05) is 0 Å². The summed E-state index contributed by atoms with van der Waals surface area (Å²) in [4.78, 5) is 10.0. The van der Waals surface area contributed by atoms with E-state index in [0.717, 1.165) is 35.3 Å². The van der Waals surface area contributed by atoms with Crippen LogP contribution >= 0.6 is 31.9 Å². The predicted molar refractivity (Wildman–Crippen MR) is 81.2 cm³/mol.